The van der Waals surface area contributed by atoms with Crippen LogP contribution in [0.2, 0.25) is 0 Å². The maximum Gasteiger partial charge on any atom is 0.0973 e. The molecule has 0 unspecified atom stereocenters. The molecular weight excluding hydrogens is 174 g/mol. The van der Waals surface area contributed by atoms with E-state index in [1.807, 2.05) is 17.9 Å². The highest BCUT2D eigenvalue weighted by Crippen LogP contribution is 2.44. The first-order valence-corrected chi connectivity index (χ1v) is 4.91. The summed E-state index contributed by atoms with van der Waals surface area (Å²) < 4.78 is 1.85. The van der Waals surface area contributed by atoms with Gasteiger partial charge in [-0.1, -0.05) is 18.2 Å². The van der Waals surface area contributed by atoms with E-state index in [0.717, 1.165) is 18.4 Å². The van der Waals surface area contributed by atoms with Gasteiger partial charge < -0.3 is 5.73 Å². The van der Waals surface area contributed by atoms with Gasteiger partial charge in [0, 0.05) is 29.7 Å². The van der Waals surface area contributed by atoms with Crippen LogP contribution in [0.25, 0.3) is 10.9 Å². The molecule has 1 aliphatic rings. The summed E-state index contributed by atoms with van der Waals surface area (Å²) in [6.45, 7) is 0. The molecule has 14 heavy (non-hydrogen) atoms. The van der Waals surface area contributed by atoms with E-state index >= 15 is 0 Å². The number of benzene rings is 1. The normalized spacial score (nSPS) is 18.7. The number of aromatic nitrogens is 2. The number of hydrogen-bond donors (Lipinski definition) is 1. The fraction of sp³-hybridized carbons (Fsp3) is 0.364. The molecule has 0 atom stereocenters. The van der Waals surface area contributed by atoms with Crippen LogP contribution in [-0.2, 0) is 12.6 Å². The molecule has 1 aromatic heterocycles. The number of rotatable bonds is 1. The van der Waals surface area contributed by atoms with Gasteiger partial charge in [0.25, 0.3) is 0 Å². The molecule has 3 heteroatoms. The van der Waals surface area contributed by atoms with Crippen LogP contribution in [0.1, 0.15) is 18.4 Å². The fourth-order valence-electron chi connectivity index (χ4n) is 1.97. The van der Waals surface area contributed by atoms with Crippen LogP contribution in [-0.4, -0.2) is 9.78 Å². The Bertz CT molecular complexity index is 494. The second-order valence-electron chi connectivity index (χ2n) is 4.20. The quantitative estimate of drug-likeness (QED) is 0.735. The molecule has 0 spiro atoms. The zero-order valence-electron chi connectivity index (χ0n) is 8.20. The van der Waals surface area contributed by atoms with E-state index in [1.54, 1.807) is 0 Å². The predicted molar refractivity (Wildman–Crippen MR) is 55.8 cm³/mol. The lowest BCUT2D eigenvalue weighted by molar-refractivity contribution is 0.734. The largest absolute Gasteiger partial charge is 0.321 e. The lowest BCUT2D eigenvalue weighted by Crippen LogP contribution is -2.19. The summed E-state index contributed by atoms with van der Waals surface area (Å²) in [6.07, 6.45) is 4.20. The third-order valence-corrected chi connectivity index (χ3v) is 2.98. The smallest absolute Gasteiger partial charge is 0.0973 e. The zero-order chi connectivity index (χ0) is 9.76. The van der Waals surface area contributed by atoms with Gasteiger partial charge in [0.15, 0.2) is 0 Å². The molecule has 72 valence electrons. The van der Waals surface area contributed by atoms with Crippen LogP contribution in [0.3, 0.4) is 0 Å². The van der Waals surface area contributed by atoms with Crippen LogP contribution in [0.4, 0.5) is 0 Å². The van der Waals surface area contributed by atoms with Gasteiger partial charge >= 0.3 is 0 Å². The summed E-state index contributed by atoms with van der Waals surface area (Å²) in [4.78, 5) is 0. The van der Waals surface area contributed by atoms with Gasteiger partial charge in [-0.05, 0) is 12.8 Å². The summed E-state index contributed by atoms with van der Waals surface area (Å²) in [5, 5.41) is 5.64. The van der Waals surface area contributed by atoms with Gasteiger partial charge in [-0.2, -0.15) is 5.10 Å². The van der Waals surface area contributed by atoms with Crippen LogP contribution >= 0.6 is 0 Å². The number of nitrogens with two attached hydrogens (primary N) is 1. The molecule has 0 amide bonds. The summed E-state index contributed by atoms with van der Waals surface area (Å²) in [5.74, 6) is 0. The van der Waals surface area contributed by atoms with E-state index in [0.29, 0.717) is 0 Å². The number of aryl methyl sites for hydroxylation is 1. The van der Waals surface area contributed by atoms with Gasteiger partial charge in [0.1, 0.15) is 0 Å². The Morgan fingerprint density at radius 2 is 2.21 bits per heavy atom. The van der Waals surface area contributed by atoms with Crippen molar-refractivity contribution in [2.75, 3.05) is 0 Å². The van der Waals surface area contributed by atoms with Gasteiger partial charge in [-0.15, -0.1) is 0 Å². The zero-order valence-corrected chi connectivity index (χ0v) is 8.20. The average Bonchev–Trinajstić information content (AvgIpc) is 2.78. The molecule has 2 N–H and O–H groups in total. The van der Waals surface area contributed by atoms with E-state index in [2.05, 4.69) is 23.3 Å². The van der Waals surface area contributed by atoms with E-state index in [9.17, 15) is 0 Å². The number of nitrogens with zero attached hydrogens (tertiary/aromatic N) is 2. The third-order valence-electron chi connectivity index (χ3n) is 2.98. The van der Waals surface area contributed by atoms with Crippen LogP contribution in [0, 0.1) is 0 Å². The minimum Gasteiger partial charge on any atom is -0.321 e. The maximum atomic E-state index is 6.19. The monoisotopic (exact) mass is 187 g/mol. The van der Waals surface area contributed by atoms with Gasteiger partial charge in [-0.3, -0.25) is 4.68 Å². The SMILES string of the molecule is Cn1cc2cccc(C3(N)CC3)c2n1. The fourth-order valence-corrected chi connectivity index (χ4v) is 1.97. The van der Waals surface area contributed by atoms with Crippen LogP contribution < -0.4 is 5.73 Å². The topological polar surface area (TPSA) is 43.8 Å². The highest BCUT2D eigenvalue weighted by molar-refractivity contribution is 5.82. The maximum absolute atomic E-state index is 6.19. The van der Waals surface area contributed by atoms with Crippen molar-refractivity contribution in [3.05, 3.63) is 30.0 Å². The number of hydrogen-bond acceptors (Lipinski definition) is 2. The minimum absolute atomic E-state index is 0.0894. The molecule has 0 radical (unpaired) electrons. The van der Waals surface area contributed by atoms with E-state index in [4.69, 9.17) is 5.73 Å². The summed E-state index contributed by atoms with van der Waals surface area (Å²) in [5.41, 5.74) is 8.37. The Kier molecular flexibility index (Phi) is 1.35. The van der Waals surface area contributed by atoms with Crippen molar-refractivity contribution in [2.45, 2.75) is 18.4 Å². The van der Waals surface area contributed by atoms with E-state index < -0.39 is 0 Å². The molecule has 0 aliphatic heterocycles. The summed E-state index contributed by atoms with van der Waals surface area (Å²) >= 11 is 0. The summed E-state index contributed by atoms with van der Waals surface area (Å²) in [6, 6.07) is 6.24. The molecule has 3 nitrogen and oxygen atoms in total. The molecule has 1 heterocycles. The molecule has 1 aromatic carbocycles. The standard InChI is InChI=1S/C11H13N3/c1-14-7-8-3-2-4-9(10(8)13-14)11(12)5-6-11/h2-4,7H,5-6,12H2,1H3. The molecular formula is C11H13N3. The predicted octanol–water partition coefficient (Wildman–Crippen LogP) is 1.52. The van der Waals surface area contributed by atoms with Crippen molar-refractivity contribution < 1.29 is 0 Å². The summed E-state index contributed by atoms with van der Waals surface area (Å²) in [7, 11) is 1.94. The Morgan fingerprint density at radius 3 is 2.93 bits per heavy atom. The highest BCUT2D eigenvalue weighted by atomic mass is 15.2. The molecule has 3 rings (SSSR count). The van der Waals surface area contributed by atoms with Crippen molar-refractivity contribution in [1.82, 2.24) is 9.78 Å². The van der Waals surface area contributed by atoms with Crippen molar-refractivity contribution in [3.63, 3.8) is 0 Å². The molecule has 0 saturated heterocycles. The molecule has 1 aliphatic carbocycles. The van der Waals surface area contributed by atoms with Crippen molar-refractivity contribution in [1.29, 1.82) is 0 Å². The lowest BCUT2D eigenvalue weighted by Gasteiger charge is -2.08. The van der Waals surface area contributed by atoms with Crippen molar-refractivity contribution >= 4 is 10.9 Å². The highest BCUT2D eigenvalue weighted by Gasteiger charge is 2.41. The Morgan fingerprint density at radius 1 is 1.43 bits per heavy atom. The number of fused-ring (bicyclic) bond motifs is 1. The molecule has 2 aromatic rings. The average molecular weight is 187 g/mol. The van der Waals surface area contributed by atoms with Crippen molar-refractivity contribution in [2.24, 2.45) is 12.8 Å². The Hall–Kier alpha value is -1.35. The van der Waals surface area contributed by atoms with E-state index in [-0.39, 0.29) is 5.54 Å². The van der Waals surface area contributed by atoms with Gasteiger partial charge in [0.2, 0.25) is 0 Å². The first kappa shape index (κ1) is 8.00. The molecule has 1 saturated carbocycles. The Balaban J connectivity index is 2.32. The minimum atomic E-state index is -0.0894. The molecule has 1 fully saturated rings. The second kappa shape index (κ2) is 2.36. The molecule has 0 bridgehead atoms. The first-order chi connectivity index (χ1) is 6.69. The van der Waals surface area contributed by atoms with Crippen molar-refractivity contribution in [3.8, 4) is 0 Å². The van der Waals surface area contributed by atoms with Gasteiger partial charge in [-0.25, -0.2) is 0 Å². The van der Waals surface area contributed by atoms with Crippen LogP contribution in [0.15, 0.2) is 24.4 Å². The van der Waals surface area contributed by atoms with Gasteiger partial charge in [0.05, 0.1) is 5.52 Å². The Labute approximate surface area is 82.5 Å². The first-order valence-electron chi connectivity index (χ1n) is 4.91. The van der Waals surface area contributed by atoms with E-state index in [1.165, 1.54) is 10.9 Å². The van der Waals surface area contributed by atoms with Crippen LogP contribution in [0.5, 0.6) is 0 Å². The lowest BCUT2D eigenvalue weighted by atomic mass is 10.0. The third kappa shape index (κ3) is 0.990. The second-order valence-corrected chi connectivity index (χ2v) is 4.20.